The van der Waals surface area contributed by atoms with Crippen molar-refractivity contribution in [1.82, 2.24) is 10.6 Å². The summed E-state index contributed by atoms with van der Waals surface area (Å²) < 4.78 is 5.41. The Hall–Kier alpha value is -3.61. The van der Waals surface area contributed by atoms with Gasteiger partial charge < -0.3 is 20.5 Å². The van der Waals surface area contributed by atoms with E-state index in [-0.39, 0.29) is 12.5 Å². The molecule has 1 aliphatic rings. The van der Waals surface area contributed by atoms with Gasteiger partial charge in [0.25, 0.3) is 0 Å². The first-order valence-electron chi connectivity index (χ1n) is 10.2. The van der Waals surface area contributed by atoms with Crippen molar-refractivity contribution in [2.75, 3.05) is 13.2 Å². The van der Waals surface area contributed by atoms with Gasteiger partial charge in [-0.25, -0.2) is 4.79 Å². The third-order valence-electron chi connectivity index (χ3n) is 5.22. The molecule has 3 rings (SSSR count). The fraction of sp³-hybridized carbons (Fsp3) is 0.292. The number of hydrogen-bond donors (Lipinski definition) is 3. The Bertz CT molecular complexity index is 926. The highest BCUT2D eigenvalue weighted by molar-refractivity contribution is 5.89. The molecular formula is C24H26N2O5. The van der Waals surface area contributed by atoms with Crippen LogP contribution < -0.4 is 10.6 Å². The molecule has 0 radical (unpaired) electrons. The molecular weight excluding hydrogens is 396 g/mol. The van der Waals surface area contributed by atoms with E-state index in [2.05, 4.69) is 17.2 Å². The zero-order chi connectivity index (χ0) is 22.2. The first kappa shape index (κ1) is 22.1. The summed E-state index contributed by atoms with van der Waals surface area (Å²) in [5, 5.41) is 14.1. The van der Waals surface area contributed by atoms with Crippen molar-refractivity contribution in [2.24, 2.45) is 0 Å². The van der Waals surface area contributed by atoms with E-state index in [9.17, 15) is 14.4 Å². The highest BCUT2D eigenvalue weighted by atomic mass is 16.5. The van der Waals surface area contributed by atoms with E-state index in [0.717, 1.165) is 28.7 Å². The highest BCUT2D eigenvalue weighted by Crippen LogP contribution is 2.44. The first-order chi connectivity index (χ1) is 15.0. The maximum Gasteiger partial charge on any atom is 0.407 e. The van der Waals surface area contributed by atoms with Crippen LogP contribution in [-0.4, -0.2) is 42.3 Å². The van der Waals surface area contributed by atoms with Crippen molar-refractivity contribution in [3.05, 3.63) is 72.3 Å². The number of rotatable bonds is 10. The number of carbonyl (C=O) groups excluding carboxylic acids is 2. The van der Waals surface area contributed by atoms with E-state index in [1.54, 1.807) is 6.08 Å². The highest BCUT2D eigenvalue weighted by Gasteiger charge is 2.30. The summed E-state index contributed by atoms with van der Waals surface area (Å²) in [4.78, 5) is 35.8. The van der Waals surface area contributed by atoms with Crippen LogP contribution in [0.5, 0.6) is 0 Å². The van der Waals surface area contributed by atoms with Crippen LogP contribution in [0.1, 0.15) is 36.3 Å². The van der Waals surface area contributed by atoms with Gasteiger partial charge in [0.1, 0.15) is 12.6 Å². The maximum atomic E-state index is 12.4. The van der Waals surface area contributed by atoms with Gasteiger partial charge in [-0.2, -0.15) is 0 Å². The SMILES string of the molecule is C=CCCCNC(=O)C(CC(=O)O)NC(=O)OCC1c2ccccc2-c2ccccc21. The molecule has 3 N–H and O–H groups in total. The minimum absolute atomic E-state index is 0.0839. The third-order valence-corrected chi connectivity index (χ3v) is 5.22. The lowest BCUT2D eigenvalue weighted by molar-refractivity contribution is -0.139. The Balaban J connectivity index is 1.62. The third kappa shape index (κ3) is 5.51. The van der Waals surface area contributed by atoms with Gasteiger partial charge in [0.15, 0.2) is 0 Å². The van der Waals surface area contributed by atoms with Crippen molar-refractivity contribution < 1.29 is 24.2 Å². The topological polar surface area (TPSA) is 105 Å². The zero-order valence-corrected chi connectivity index (χ0v) is 17.2. The number of fused-ring (bicyclic) bond motifs is 3. The number of amides is 2. The standard InChI is InChI=1S/C24H26N2O5/c1-2-3-8-13-25-23(29)21(14-22(27)28)26-24(30)31-15-20-18-11-6-4-9-16(18)17-10-5-7-12-19(17)20/h2,4-7,9-12,20-21H,1,3,8,13-15H2,(H,25,29)(H,26,30)(H,27,28). The van der Waals surface area contributed by atoms with E-state index in [0.29, 0.717) is 13.0 Å². The molecule has 0 saturated heterocycles. The molecule has 2 aromatic carbocycles. The Kier molecular flexibility index (Phi) is 7.43. The minimum atomic E-state index is -1.21. The van der Waals surface area contributed by atoms with Gasteiger partial charge in [0.2, 0.25) is 5.91 Å². The fourth-order valence-electron chi connectivity index (χ4n) is 3.75. The van der Waals surface area contributed by atoms with Gasteiger partial charge in [-0.1, -0.05) is 54.6 Å². The lowest BCUT2D eigenvalue weighted by Gasteiger charge is -2.18. The average molecular weight is 422 g/mol. The van der Waals surface area contributed by atoms with Gasteiger partial charge in [0.05, 0.1) is 6.42 Å². The zero-order valence-electron chi connectivity index (χ0n) is 17.2. The summed E-state index contributed by atoms with van der Waals surface area (Å²) in [6.45, 7) is 4.06. The fourth-order valence-corrected chi connectivity index (χ4v) is 3.75. The van der Waals surface area contributed by atoms with Gasteiger partial charge in [-0.05, 0) is 35.1 Å². The molecule has 2 aromatic rings. The Morgan fingerprint density at radius 2 is 1.68 bits per heavy atom. The second-order valence-electron chi connectivity index (χ2n) is 7.34. The van der Waals surface area contributed by atoms with Gasteiger partial charge in [0, 0.05) is 12.5 Å². The number of carboxylic acid groups (broad SMARTS) is 1. The van der Waals surface area contributed by atoms with Crippen molar-refractivity contribution >= 4 is 18.0 Å². The molecule has 31 heavy (non-hydrogen) atoms. The van der Waals surface area contributed by atoms with E-state index >= 15 is 0 Å². The molecule has 7 nitrogen and oxygen atoms in total. The summed E-state index contributed by atoms with van der Waals surface area (Å²) in [5.74, 6) is -1.87. The molecule has 1 aliphatic carbocycles. The van der Waals surface area contributed by atoms with Crippen molar-refractivity contribution in [3.63, 3.8) is 0 Å². The smallest absolute Gasteiger partial charge is 0.407 e. The van der Waals surface area contributed by atoms with Crippen LogP contribution in [0, 0.1) is 0 Å². The normalized spacial score (nSPS) is 12.9. The molecule has 0 aliphatic heterocycles. The van der Waals surface area contributed by atoms with Gasteiger partial charge >= 0.3 is 12.1 Å². The Labute approximate surface area is 181 Å². The molecule has 0 aromatic heterocycles. The number of aliphatic carboxylic acids is 1. The predicted octanol–water partition coefficient (Wildman–Crippen LogP) is 3.45. The quantitative estimate of drug-likeness (QED) is 0.402. The summed E-state index contributed by atoms with van der Waals surface area (Å²) in [5.41, 5.74) is 4.35. The van der Waals surface area contributed by atoms with Crippen LogP contribution in [0.4, 0.5) is 4.79 Å². The largest absolute Gasteiger partial charge is 0.481 e. The summed E-state index contributed by atoms with van der Waals surface area (Å²) in [6.07, 6.45) is 1.78. The van der Waals surface area contributed by atoms with Gasteiger partial charge in [-0.15, -0.1) is 6.58 Å². The number of benzene rings is 2. The molecule has 1 atom stereocenters. The van der Waals surface area contributed by atoms with Crippen LogP contribution >= 0.6 is 0 Å². The van der Waals surface area contributed by atoms with Crippen LogP contribution in [0.25, 0.3) is 11.1 Å². The van der Waals surface area contributed by atoms with Gasteiger partial charge in [-0.3, -0.25) is 9.59 Å². The summed E-state index contributed by atoms with van der Waals surface area (Å²) >= 11 is 0. The monoisotopic (exact) mass is 422 g/mol. The predicted molar refractivity (Wildman–Crippen MR) is 117 cm³/mol. The molecule has 0 spiro atoms. The number of ether oxygens (including phenoxy) is 1. The number of allylic oxidation sites excluding steroid dienone is 1. The first-order valence-corrected chi connectivity index (χ1v) is 10.2. The number of unbranched alkanes of at least 4 members (excludes halogenated alkanes) is 1. The molecule has 7 heteroatoms. The number of alkyl carbamates (subject to hydrolysis) is 1. The van der Waals surface area contributed by atoms with E-state index in [1.807, 2.05) is 48.5 Å². The molecule has 0 heterocycles. The van der Waals surface area contributed by atoms with E-state index < -0.39 is 30.4 Å². The van der Waals surface area contributed by atoms with E-state index in [1.165, 1.54) is 0 Å². The summed E-state index contributed by atoms with van der Waals surface area (Å²) in [6, 6.07) is 14.7. The average Bonchev–Trinajstić information content (AvgIpc) is 3.08. The number of carboxylic acids is 1. The maximum absolute atomic E-state index is 12.4. The Morgan fingerprint density at radius 1 is 1.06 bits per heavy atom. The lowest BCUT2D eigenvalue weighted by Crippen LogP contribution is -2.48. The number of hydrogen-bond acceptors (Lipinski definition) is 4. The molecule has 2 amide bonds. The lowest BCUT2D eigenvalue weighted by atomic mass is 9.98. The van der Waals surface area contributed by atoms with Crippen molar-refractivity contribution in [2.45, 2.75) is 31.2 Å². The minimum Gasteiger partial charge on any atom is -0.481 e. The molecule has 1 unspecified atom stereocenters. The second kappa shape index (κ2) is 10.4. The van der Waals surface area contributed by atoms with Crippen molar-refractivity contribution in [1.29, 1.82) is 0 Å². The molecule has 0 saturated carbocycles. The van der Waals surface area contributed by atoms with E-state index in [4.69, 9.17) is 9.84 Å². The van der Waals surface area contributed by atoms with Crippen LogP contribution in [-0.2, 0) is 14.3 Å². The number of carbonyl (C=O) groups is 3. The number of nitrogens with one attached hydrogen (secondary N) is 2. The second-order valence-corrected chi connectivity index (χ2v) is 7.34. The summed E-state index contributed by atoms with van der Waals surface area (Å²) in [7, 11) is 0. The van der Waals surface area contributed by atoms with Crippen LogP contribution in [0.15, 0.2) is 61.2 Å². The Morgan fingerprint density at radius 3 is 2.26 bits per heavy atom. The van der Waals surface area contributed by atoms with Crippen molar-refractivity contribution in [3.8, 4) is 11.1 Å². The molecule has 162 valence electrons. The molecule has 0 fully saturated rings. The van der Waals surface area contributed by atoms with Crippen LogP contribution in [0.2, 0.25) is 0 Å². The molecule has 0 bridgehead atoms. The van der Waals surface area contributed by atoms with Crippen LogP contribution in [0.3, 0.4) is 0 Å².